The molecule has 8 heteroatoms. The molecule has 1 aromatic rings. The van der Waals surface area contributed by atoms with E-state index in [1.165, 1.54) is 55.5 Å². The van der Waals surface area contributed by atoms with Gasteiger partial charge in [-0.05, 0) is 36.6 Å². The average molecular weight is 422 g/mol. The van der Waals surface area contributed by atoms with Crippen molar-refractivity contribution in [2.75, 3.05) is 32.7 Å². The van der Waals surface area contributed by atoms with E-state index in [2.05, 4.69) is 5.32 Å². The molecule has 0 unspecified atom stereocenters. The number of benzene rings is 1. The summed E-state index contributed by atoms with van der Waals surface area (Å²) < 4.78 is 27.0. The van der Waals surface area contributed by atoms with Gasteiger partial charge in [-0.3, -0.25) is 9.59 Å². The summed E-state index contributed by atoms with van der Waals surface area (Å²) in [7, 11) is -3.62. The molecule has 0 aromatic heterocycles. The second-order valence-electron chi connectivity index (χ2n) is 7.98. The van der Waals surface area contributed by atoms with Crippen LogP contribution in [-0.2, 0) is 14.8 Å². The van der Waals surface area contributed by atoms with Gasteiger partial charge in [0.15, 0.2) is 0 Å². The molecule has 1 saturated heterocycles. The molecule has 3 rings (SSSR count). The standard InChI is InChI=1S/C21H31N3O4S/c1-17(25)23-13-15-24(16-14-23)29(27,28)20-9-7-19(8-10-20)21(26)22-12-11-18-5-3-2-4-6-18/h7-10,18H,2-6,11-16H2,1H3,(H,22,26). The highest BCUT2D eigenvalue weighted by Crippen LogP contribution is 2.25. The highest BCUT2D eigenvalue weighted by Gasteiger charge is 2.29. The van der Waals surface area contributed by atoms with Gasteiger partial charge in [-0.15, -0.1) is 0 Å². The lowest BCUT2D eigenvalue weighted by Crippen LogP contribution is -2.49. The normalized spacial score (nSPS) is 19.1. The zero-order valence-corrected chi connectivity index (χ0v) is 17.9. The lowest BCUT2D eigenvalue weighted by atomic mass is 9.87. The number of amides is 2. The minimum Gasteiger partial charge on any atom is -0.352 e. The van der Waals surface area contributed by atoms with Crippen LogP contribution >= 0.6 is 0 Å². The second kappa shape index (κ2) is 9.71. The van der Waals surface area contributed by atoms with E-state index in [0.717, 1.165) is 6.42 Å². The van der Waals surface area contributed by atoms with Crippen molar-refractivity contribution in [3.63, 3.8) is 0 Å². The molecule has 1 aliphatic carbocycles. The number of hydrogen-bond acceptors (Lipinski definition) is 4. The van der Waals surface area contributed by atoms with Gasteiger partial charge in [-0.25, -0.2) is 8.42 Å². The number of rotatable bonds is 6. The molecule has 1 aliphatic heterocycles. The summed E-state index contributed by atoms with van der Waals surface area (Å²) >= 11 is 0. The van der Waals surface area contributed by atoms with E-state index in [9.17, 15) is 18.0 Å². The molecule has 160 valence electrons. The molecule has 1 N–H and O–H groups in total. The van der Waals surface area contributed by atoms with Crippen LogP contribution in [0, 0.1) is 5.92 Å². The minimum absolute atomic E-state index is 0.0408. The topological polar surface area (TPSA) is 86.8 Å². The SMILES string of the molecule is CC(=O)N1CCN(S(=O)(=O)c2ccc(C(=O)NCCC3CCCCC3)cc2)CC1. The van der Waals surface area contributed by atoms with Crippen LogP contribution in [-0.4, -0.2) is 62.2 Å². The van der Waals surface area contributed by atoms with Crippen molar-refractivity contribution < 1.29 is 18.0 Å². The van der Waals surface area contributed by atoms with Crippen LogP contribution in [0.2, 0.25) is 0 Å². The van der Waals surface area contributed by atoms with Crippen molar-refractivity contribution in [1.29, 1.82) is 0 Å². The van der Waals surface area contributed by atoms with Crippen molar-refractivity contribution in [1.82, 2.24) is 14.5 Å². The molecule has 29 heavy (non-hydrogen) atoms. The Labute approximate surface area is 173 Å². The maximum absolute atomic E-state index is 12.8. The fourth-order valence-electron chi connectivity index (χ4n) is 4.14. The van der Waals surface area contributed by atoms with Crippen molar-refractivity contribution >= 4 is 21.8 Å². The van der Waals surface area contributed by atoms with Gasteiger partial charge >= 0.3 is 0 Å². The summed E-state index contributed by atoms with van der Waals surface area (Å²) in [5.41, 5.74) is 0.467. The Morgan fingerprint density at radius 3 is 2.21 bits per heavy atom. The van der Waals surface area contributed by atoms with Gasteiger partial charge < -0.3 is 10.2 Å². The van der Waals surface area contributed by atoms with E-state index >= 15 is 0 Å². The van der Waals surface area contributed by atoms with Crippen molar-refractivity contribution in [2.24, 2.45) is 5.92 Å². The molecule has 2 aliphatic rings. The first-order valence-corrected chi connectivity index (χ1v) is 12.0. The first-order valence-electron chi connectivity index (χ1n) is 10.5. The van der Waals surface area contributed by atoms with E-state index in [4.69, 9.17) is 0 Å². The molecule has 1 saturated carbocycles. The number of sulfonamides is 1. The van der Waals surface area contributed by atoms with E-state index in [1.807, 2.05) is 0 Å². The van der Waals surface area contributed by atoms with Crippen molar-refractivity contribution in [3.8, 4) is 0 Å². The van der Waals surface area contributed by atoms with Crippen LogP contribution in [0.25, 0.3) is 0 Å². The summed E-state index contributed by atoms with van der Waals surface area (Å²) in [4.78, 5) is 25.6. The predicted octanol–water partition coefficient (Wildman–Crippen LogP) is 2.24. The number of piperazine rings is 1. The summed E-state index contributed by atoms with van der Waals surface area (Å²) in [5.74, 6) is 0.501. The van der Waals surface area contributed by atoms with E-state index < -0.39 is 10.0 Å². The van der Waals surface area contributed by atoms with Gasteiger partial charge in [0, 0.05) is 45.2 Å². The molecule has 2 fully saturated rings. The number of nitrogens with zero attached hydrogens (tertiary/aromatic N) is 2. The first kappa shape index (κ1) is 21.8. The molecule has 1 aromatic carbocycles. The monoisotopic (exact) mass is 421 g/mol. The van der Waals surface area contributed by atoms with Gasteiger partial charge in [-0.1, -0.05) is 32.1 Å². The van der Waals surface area contributed by atoms with Gasteiger partial charge in [-0.2, -0.15) is 4.31 Å². The molecular formula is C21H31N3O4S. The maximum Gasteiger partial charge on any atom is 0.251 e. The van der Waals surface area contributed by atoms with Crippen LogP contribution in [0.1, 0.15) is 55.8 Å². The van der Waals surface area contributed by atoms with Gasteiger partial charge in [0.2, 0.25) is 15.9 Å². The van der Waals surface area contributed by atoms with Gasteiger partial charge in [0.05, 0.1) is 4.90 Å². The third-order valence-corrected chi connectivity index (χ3v) is 7.91. The van der Waals surface area contributed by atoms with Crippen LogP contribution < -0.4 is 5.32 Å². The van der Waals surface area contributed by atoms with Crippen molar-refractivity contribution in [3.05, 3.63) is 29.8 Å². The fraction of sp³-hybridized carbons (Fsp3) is 0.619. The zero-order chi connectivity index (χ0) is 20.9. The zero-order valence-electron chi connectivity index (χ0n) is 17.1. The molecule has 7 nitrogen and oxygen atoms in total. The summed E-state index contributed by atoms with van der Waals surface area (Å²) in [6, 6.07) is 6.11. The lowest BCUT2D eigenvalue weighted by Gasteiger charge is -2.33. The lowest BCUT2D eigenvalue weighted by molar-refractivity contribution is -0.129. The Balaban J connectivity index is 1.53. The largest absolute Gasteiger partial charge is 0.352 e. The van der Waals surface area contributed by atoms with Gasteiger partial charge in [0.25, 0.3) is 5.91 Å². The molecule has 2 amide bonds. The first-order chi connectivity index (χ1) is 13.9. The third-order valence-electron chi connectivity index (χ3n) is 6.00. The Bertz CT molecular complexity index is 809. The number of nitrogens with one attached hydrogen (secondary N) is 1. The van der Waals surface area contributed by atoms with Crippen molar-refractivity contribution in [2.45, 2.75) is 50.3 Å². The Morgan fingerprint density at radius 1 is 1.00 bits per heavy atom. The number of carbonyl (C=O) groups excluding carboxylic acids is 2. The van der Waals surface area contributed by atoms with Crippen LogP contribution in [0.5, 0.6) is 0 Å². The quantitative estimate of drug-likeness (QED) is 0.763. The Kier molecular flexibility index (Phi) is 7.29. The molecular weight excluding hydrogens is 390 g/mol. The summed E-state index contributed by atoms with van der Waals surface area (Å²) in [6.07, 6.45) is 7.41. The fourth-order valence-corrected chi connectivity index (χ4v) is 5.56. The summed E-state index contributed by atoms with van der Waals surface area (Å²) in [6.45, 7) is 3.51. The van der Waals surface area contributed by atoms with E-state index in [1.54, 1.807) is 17.0 Å². The smallest absolute Gasteiger partial charge is 0.251 e. The molecule has 0 bridgehead atoms. The minimum atomic E-state index is -3.62. The molecule has 0 atom stereocenters. The molecule has 0 spiro atoms. The van der Waals surface area contributed by atoms with Crippen LogP contribution in [0.3, 0.4) is 0 Å². The molecule has 1 heterocycles. The molecule has 0 radical (unpaired) electrons. The average Bonchev–Trinajstić information content (AvgIpc) is 2.74. The predicted molar refractivity (Wildman–Crippen MR) is 111 cm³/mol. The van der Waals surface area contributed by atoms with E-state index in [0.29, 0.717) is 31.1 Å². The number of carbonyl (C=O) groups is 2. The Hall–Kier alpha value is -1.93. The van der Waals surface area contributed by atoms with Crippen LogP contribution in [0.4, 0.5) is 0 Å². The Morgan fingerprint density at radius 2 is 1.62 bits per heavy atom. The van der Waals surface area contributed by atoms with Gasteiger partial charge in [0.1, 0.15) is 0 Å². The highest BCUT2D eigenvalue weighted by molar-refractivity contribution is 7.89. The maximum atomic E-state index is 12.8. The highest BCUT2D eigenvalue weighted by atomic mass is 32.2. The third kappa shape index (κ3) is 5.57. The van der Waals surface area contributed by atoms with E-state index in [-0.39, 0.29) is 29.8 Å². The van der Waals surface area contributed by atoms with Crippen LogP contribution in [0.15, 0.2) is 29.2 Å². The second-order valence-corrected chi connectivity index (χ2v) is 9.92. The number of hydrogen-bond donors (Lipinski definition) is 1. The summed E-state index contributed by atoms with van der Waals surface area (Å²) in [5, 5.41) is 2.95.